The predicted molar refractivity (Wildman–Crippen MR) is 123 cm³/mol. The molecule has 31 heavy (non-hydrogen) atoms. The molecule has 1 aliphatic heterocycles. The summed E-state index contributed by atoms with van der Waals surface area (Å²) in [6, 6.07) is 14.0. The molecule has 0 aliphatic carbocycles. The quantitative estimate of drug-likeness (QED) is 0.508. The molecule has 3 aromatic rings. The average molecular weight is 423 g/mol. The largest absolute Gasteiger partial charge is 0.507 e. The molecule has 2 heterocycles. The third kappa shape index (κ3) is 5.66. The predicted octanol–water partition coefficient (Wildman–Crippen LogP) is 4.01. The Bertz CT molecular complexity index is 1040. The molecular weight excluding hydrogens is 392 g/mol. The zero-order valence-electron chi connectivity index (χ0n) is 17.8. The van der Waals surface area contributed by atoms with Gasteiger partial charge in [-0.05, 0) is 19.4 Å². The number of unbranched alkanes of at least 4 members (excludes halogenated alkanes) is 3. The van der Waals surface area contributed by atoms with Crippen molar-refractivity contribution in [2.24, 2.45) is 0 Å². The Morgan fingerprint density at radius 3 is 2.58 bits per heavy atom. The third-order valence-corrected chi connectivity index (χ3v) is 5.69. The number of fused-ring (bicyclic) bond motifs is 1. The Hall–Kier alpha value is -2.83. The van der Waals surface area contributed by atoms with Crippen molar-refractivity contribution in [1.29, 1.82) is 0 Å². The van der Waals surface area contributed by atoms with Crippen molar-refractivity contribution in [3.63, 3.8) is 0 Å². The molecule has 0 radical (unpaired) electrons. The Balaban J connectivity index is 1.32. The van der Waals surface area contributed by atoms with Crippen molar-refractivity contribution >= 4 is 11.0 Å². The fraction of sp³-hybridized carbons (Fsp3) is 0.400. The van der Waals surface area contributed by atoms with Gasteiger partial charge in [0.2, 0.25) is 0 Å². The average Bonchev–Trinajstić information content (AvgIpc) is 2.79. The van der Waals surface area contributed by atoms with Gasteiger partial charge < -0.3 is 24.5 Å². The summed E-state index contributed by atoms with van der Waals surface area (Å²) >= 11 is 0. The number of ether oxygens (including phenoxy) is 1. The molecule has 2 N–H and O–H groups in total. The molecular formula is C25H30N2O4. The maximum atomic E-state index is 12.5. The Kier molecular flexibility index (Phi) is 7.22. The molecule has 1 aliphatic rings. The van der Waals surface area contributed by atoms with Gasteiger partial charge in [-0.1, -0.05) is 43.2 Å². The van der Waals surface area contributed by atoms with Crippen LogP contribution >= 0.6 is 0 Å². The van der Waals surface area contributed by atoms with E-state index in [0.29, 0.717) is 23.7 Å². The standard InChI is InChI=1S/C25H30N2O4/c28-21-16-20(30-15-7-2-1-6-12-27-13-10-26-11-14-27)17-24-25(21)22(29)18-23(31-24)19-8-4-3-5-9-19/h3-5,8-9,16-18,26,28H,1-2,6-7,10-15H2. The highest BCUT2D eigenvalue weighted by atomic mass is 16.5. The molecule has 2 aromatic carbocycles. The minimum absolute atomic E-state index is 0.114. The van der Waals surface area contributed by atoms with Crippen LogP contribution < -0.4 is 15.5 Å². The fourth-order valence-electron chi connectivity index (χ4n) is 3.99. The van der Waals surface area contributed by atoms with Crippen molar-refractivity contribution in [3.05, 3.63) is 58.8 Å². The summed E-state index contributed by atoms with van der Waals surface area (Å²) < 4.78 is 11.8. The van der Waals surface area contributed by atoms with Crippen molar-refractivity contribution < 1.29 is 14.3 Å². The van der Waals surface area contributed by atoms with Crippen LogP contribution in [0.15, 0.2) is 57.7 Å². The van der Waals surface area contributed by atoms with E-state index in [2.05, 4.69) is 10.2 Å². The minimum Gasteiger partial charge on any atom is -0.507 e. The van der Waals surface area contributed by atoms with Gasteiger partial charge in [-0.25, -0.2) is 0 Å². The topological polar surface area (TPSA) is 74.9 Å². The minimum atomic E-state index is -0.270. The Morgan fingerprint density at radius 2 is 1.77 bits per heavy atom. The normalized spacial score (nSPS) is 14.7. The van der Waals surface area contributed by atoms with Crippen molar-refractivity contribution in [2.45, 2.75) is 25.7 Å². The lowest BCUT2D eigenvalue weighted by molar-refractivity contribution is 0.234. The summed E-state index contributed by atoms with van der Waals surface area (Å²) in [6.07, 6.45) is 4.46. The first-order valence-electron chi connectivity index (χ1n) is 11.1. The van der Waals surface area contributed by atoms with Crippen LogP contribution in [0.1, 0.15) is 25.7 Å². The fourth-order valence-corrected chi connectivity index (χ4v) is 3.99. The number of piperazine rings is 1. The molecule has 4 rings (SSSR count). The molecule has 1 saturated heterocycles. The van der Waals surface area contributed by atoms with Crippen LogP contribution in [0.4, 0.5) is 0 Å². The first-order chi connectivity index (χ1) is 15.2. The maximum Gasteiger partial charge on any atom is 0.197 e. The van der Waals surface area contributed by atoms with E-state index in [-0.39, 0.29) is 16.6 Å². The summed E-state index contributed by atoms with van der Waals surface area (Å²) in [6.45, 7) is 6.23. The summed E-state index contributed by atoms with van der Waals surface area (Å²) in [5, 5.41) is 13.9. The highest BCUT2D eigenvalue weighted by molar-refractivity contribution is 5.86. The van der Waals surface area contributed by atoms with Gasteiger partial charge in [0, 0.05) is 49.9 Å². The van der Waals surface area contributed by atoms with Gasteiger partial charge in [0.1, 0.15) is 28.2 Å². The second-order valence-electron chi connectivity index (χ2n) is 8.01. The molecule has 0 spiro atoms. The lowest BCUT2D eigenvalue weighted by Gasteiger charge is -2.27. The van der Waals surface area contributed by atoms with Crippen LogP contribution in [0.5, 0.6) is 11.5 Å². The first-order valence-corrected chi connectivity index (χ1v) is 11.1. The maximum absolute atomic E-state index is 12.5. The van der Waals surface area contributed by atoms with Gasteiger partial charge in [-0.3, -0.25) is 4.79 Å². The number of hydrogen-bond acceptors (Lipinski definition) is 6. The molecule has 0 saturated carbocycles. The molecule has 0 amide bonds. The van der Waals surface area contributed by atoms with Crippen LogP contribution in [-0.2, 0) is 0 Å². The van der Waals surface area contributed by atoms with E-state index in [1.165, 1.54) is 31.5 Å². The van der Waals surface area contributed by atoms with Crippen molar-refractivity contribution in [3.8, 4) is 22.8 Å². The van der Waals surface area contributed by atoms with E-state index in [4.69, 9.17) is 9.15 Å². The summed E-state index contributed by atoms with van der Waals surface area (Å²) in [5.41, 5.74) is 0.874. The van der Waals surface area contributed by atoms with Crippen LogP contribution in [0.2, 0.25) is 0 Å². The van der Waals surface area contributed by atoms with Crippen LogP contribution in [0.3, 0.4) is 0 Å². The summed E-state index contributed by atoms with van der Waals surface area (Å²) in [4.78, 5) is 15.0. The van der Waals surface area contributed by atoms with E-state index in [1.807, 2.05) is 30.3 Å². The molecule has 6 nitrogen and oxygen atoms in total. The van der Waals surface area contributed by atoms with Crippen molar-refractivity contribution in [2.75, 3.05) is 39.3 Å². The van der Waals surface area contributed by atoms with Crippen molar-refractivity contribution in [1.82, 2.24) is 10.2 Å². The van der Waals surface area contributed by atoms with Crippen LogP contribution in [-0.4, -0.2) is 49.3 Å². The van der Waals surface area contributed by atoms with Crippen LogP contribution in [0, 0.1) is 0 Å². The molecule has 6 heteroatoms. The van der Waals surface area contributed by atoms with Gasteiger partial charge in [0.15, 0.2) is 5.43 Å². The highest BCUT2D eigenvalue weighted by Gasteiger charge is 2.13. The smallest absolute Gasteiger partial charge is 0.197 e. The van der Waals surface area contributed by atoms with Crippen LogP contribution in [0.25, 0.3) is 22.3 Å². The van der Waals surface area contributed by atoms with E-state index in [9.17, 15) is 9.90 Å². The van der Waals surface area contributed by atoms with E-state index in [0.717, 1.165) is 44.6 Å². The number of nitrogens with one attached hydrogen (secondary N) is 1. The number of phenolic OH excluding ortho intramolecular Hbond substituents is 1. The number of nitrogens with zero attached hydrogens (tertiary/aromatic N) is 1. The second-order valence-corrected chi connectivity index (χ2v) is 8.01. The first kappa shape index (κ1) is 21.4. The lowest BCUT2D eigenvalue weighted by Crippen LogP contribution is -2.43. The molecule has 0 bridgehead atoms. The summed E-state index contributed by atoms with van der Waals surface area (Å²) in [5.74, 6) is 0.871. The monoisotopic (exact) mass is 422 g/mol. The van der Waals surface area contributed by atoms with E-state index in [1.54, 1.807) is 6.07 Å². The molecule has 0 atom stereocenters. The molecule has 0 unspecified atom stereocenters. The molecule has 1 aromatic heterocycles. The van der Waals surface area contributed by atoms with E-state index >= 15 is 0 Å². The lowest BCUT2D eigenvalue weighted by atomic mass is 10.1. The van der Waals surface area contributed by atoms with Gasteiger partial charge in [-0.15, -0.1) is 0 Å². The highest BCUT2D eigenvalue weighted by Crippen LogP contribution is 2.31. The van der Waals surface area contributed by atoms with Gasteiger partial charge in [0.25, 0.3) is 0 Å². The third-order valence-electron chi connectivity index (χ3n) is 5.69. The second kappa shape index (κ2) is 10.5. The zero-order valence-corrected chi connectivity index (χ0v) is 17.8. The Labute approximate surface area is 182 Å². The van der Waals surface area contributed by atoms with Gasteiger partial charge >= 0.3 is 0 Å². The zero-order chi connectivity index (χ0) is 21.5. The number of hydrogen-bond donors (Lipinski definition) is 2. The SMILES string of the molecule is O=c1cc(-c2ccccc2)oc2cc(OCCCCCCN3CCNCC3)cc(O)c12. The summed E-state index contributed by atoms with van der Waals surface area (Å²) in [7, 11) is 0. The van der Waals surface area contributed by atoms with Gasteiger partial charge in [0.05, 0.1) is 6.61 Å². The Morgan fingerprint density at radius 1 is 1.00 bits per heavy atom. The number of benzene rings is 2. The number of phenols is 1. The molecule has 1 fully saturated rings. The molecule has 164 valence electrons. The number of aromatic hydroxyl groups is 1. The number of rotatable bonds is 9. The van der Waals surface area contributed by atoms with E-state index < -0.39 is 0 Å². The van der Waals surface area contributed by atoms with Gasteiger partial charge in [-0.2, -0.15) is 0 Å².